The van der Waals surface area contributed by atoms with Crippen molar-refractivity contribution in [3.63, 3.8) is 0 Å². The zero-order valence-corrected chi connectivity index (χ0v) is 14.7. The van der Waals surface area contributed by atoms with Crippen molar-refractivity contribution >= 4 is 23.1 Å². The Balaban J connectivity index is 2.19. The standard InChI is InChI=1S/C17H24N2S2/c1-4-13(3)20-12-16-19-17(14-9-7-6-8-10-14)15(21-16)11-18-5-2/h6-10,13,18H,4-5,11-12H2,1-3H3. The van der Waals surface area contributed by atoms with E-state index in [0.29, 0.717) is 5.25 Å². The fourth-order valence-electron chi connectivity index (χ4n) is 1.97. The molecule has 1 aromatic carbocycles. The molecule has 1 heterocycles. The first-order valence-electron chi connectivity index (χ1n) is 7.60. The highest BCUT2D eigenvalue weighted by Crippen LogP contribution is 2.31. The van der Waals surface area contributed by atoms with Gasteiger partial charge in [-0.3, -0.25) is 0 Å². The minimum Gasteiger partial charge on any atom is -0.312 e. The van der Waals surface area contributed by atoms with E-state index in [0.717, 1.165) is 24.5 Å². The third kappa shape index (κ3) is 4.83. The van der Waals surface area contributed by atoms with E-state index in [1.807, 2.05) is 23.1 Å². The van der Waals surface area contributed by atoms with Crippen molar-refractivity contribution in [2.24, 2.45) is 0 Å². The fraction of sp³-hybridized carbons (Fsp3) is 0.471. The van der Waals surface area contributed by atoms with Crippen LogP contribution < -0.4 is 5.32 Å². The SMILES string of the molecule is CCNCc1sc(CSC(C)CC)nc1-c1ccccc1. The Kier molecular flexibility index (Phi) is 6.74. The van der Waals surface area contributed by atoms with Gasteiger partial charge in [-0.05, 0) is 13.0 Å². The number of hydrogen-bond donors (Lipinski definition) is 1. The molecule has 0 spiro atoms. The molecule has 0 bridgehead atoms. The number of hydrogen-bond acceptors (Lipinski definition) is 4. The third-order valence-electron chi connectivity index (χ3n) is 3.39. The highest BCUT2D eigenvalue weighted by atomic mass is 32.2. The van der Waals surface area contributed by atoms with Gasteiger partial charge in [0, 0.05) is 28.0 Å². The van der Waals surface area contributed by atoms with Crippen molar-refractivity contribution < 1.29 is 0 Å². The molecule has 0 saturated carbocycles. The minimum atomic E-state index is 0.700. The average molecular weight is 321 g/mol. The zero-order valence-electron chi connectivity index (χ0n) is 13.1. The number of nitrogens with zero attached hydrogens (tertiary/aromatic N) is 1. The summed E-state index contributed by atoms with van der Waals surface area (Å²) in [5.41, 5.74) is 2.38. The van der Waals surface area contributed by atoms with Crippen LogP contribution in [0.3, 0.4) is 0 Å². The zero-order chi connectivity index (χ0) is 15.1. The van der Waals surface area contributed by atoms with Crippen LogP contribution in [0.15, 0.2) is 30.3 Å². The largest absolute Gasteiger partial charge is 0.312 e. The number of nitrogens with one attached hydrogen (secondary N) is 1. The molecule has 1 unspecified atom stereocenters. The summed E-state index contributed by atoms with van der Waals surface area (Å²) in [6, 6.07) is 10.5. The van der Waals surface area contributed by atoms with E-state index in [2.05, 4.69) is 56.4 Å². The van der Waals surface area contributed by atoms with E-state index < -0.39 is 0 Å². The van der Waals surface area contributed by atoms with Gasteiger partial charge in [-0.15, -0.1) is 11.3 Å². The lowest BCUT2D eigenvalue weighted by Gasteiger charge is -2.05. The van der Waals surface area contributed by atoms with Crippen molar-refractivity contribution in [3.8, 4) is 11.3 Å². The van der Waals surface area contributed by atoms with Crippen molar-refractivity contribution in [1.82, 2.24) is 10.3 Å². The molecule has 0 aliphatic carbocycles. The second-order valence-corrected chi connectivity index (χ2v) is 7.65. The van der Waals surface area contributed by atoms with Crippen LogP contribution in [0.4, 0.5) is 0 Å². The fourth-order valence-corrected chi connectivity index (χ4v) is 4.00. The van der Waals surface area contributed by atoms with Crippen LogP contribution in [-0.4, -0.2) is 16.8 Å². The van der Waals surface area contributed by atoms with Crippen molar-refractivity contribution in [3.05, 3.63) is 40.2 Å². The first-order chi connectivity index (χ1) is 10.2. The van der Waals surface area contributed by atoms with Crippen molar-refractivity contribution in [2.45, 2.75) is 44.7 Å². The maximum atomic E-state index is 4.90. The Bertz CT molecular complexity index is 537. The summed E-state index contributed by atoms with van der Waals surface area (Å²) in [4.78, 5) is 6.25. The van der Waals surface area contributed by atoms with Gasteiger partial charge in [0.1, 0.15) is 5.01 Å². The maximum Gasteiger partial charge on any atom is 0.103 e. The summed E-state index contributed by atoms with van der Waals surface area (Å²) in [5, 5.41) is 5.37. The van der Waals surface area contributed by atoms with Crippen LogP contribution in [0.1, 0.15) is 37.1 Å². The summed E-state index contributed by atoms with van der Waals surface area (Å²) in [7, 11) is 0. The molecule has 21 heavy (non-hydrogen) atoms. The topological polar surface area (TPSA) is 24.9 Å². The molecule has 0 fully saturated rings. The lowest BCUT2D eigenvalue weighted by Crippen LogP contribution is -2.11. The molecule has 1 aromatic heterocycles. The van der Waals surface area contributed by atoms with Gasteiger partial charge < -0.3 is 5.32 Å². The van der Waals surface area contributed by atoms with Crippen molar-refractivity contribution in [2.75, 3.05) is 6.54 Å². The van der Waals surface area contributed by atoms with Gasteiger partial charge in [-0.1, -0.05) is 51.1 Å². The van der Waals surface area contributed by atoms with Gasteiger partial charge in [-0.2, -0.15) is 11.8 Å². The number of rotatable bonds is 8. The molecule has 0 aliphatic rings. The molecule has 4 heteroatoms. The monoisotopic (exact) mass is 320 g/mol. The molecule has 0 saturated heterocycles. The summed E-state index contributed by atoms with van der Waals surface area (Å²) >= 11 is 3.85. The Morgan fingerprint density at radius 1 is 1.24 bits per heavy atom. The quantitative estimate of drug-likeness (QED) is 0.745. The first kappa shape index (κ1) is 16.5. The first-order valence-corrected chi connectivity index (χ1v) is 9.47. The normalized spacial score (nSPS) is 12.5. The van der Waals surface area contributed by atoms with Crippen LogP contribution >= 0.6 is 23.1 Å². The van der Waals surface area contributed by atoms with Gasteiger partial charge >= 0.3 is 0 Å². The van der Waals surface area contributed by atoms with E-state index in [9.17, 15) is 0 Å². The lowest BCUT2D eigenvalue weighted by molar-refractivity contribution is 0.735. The molecule has 0 amide bonds. The highest BCUT2D eigenvalue weighted by molar-refractivity contribution is 7.99. The average Bonchev–Trinajstić information content (AvgIpc) is 2.94. The van der Waals surface area contributed by atoms with Crippen LogP contribution in [0, 0.1) is 0 Å². The minimum absolute atomic E-state index is 0.700. The van der Waals surface area contributed by atoms with Crippen LogP contribution in [-0.2, 0) is 12.3 Å². The predicted molar refractivity (Wildman–Crippen MR) is 96.0 cm³/mol. The third-order valence-corrected chi connectivity index (χ3v) is 5.97. The molecule has 2 aromatic rings. The number of thioether (sulfide) groups is 1. The van der Waals surface area contributed by atoms with E-state index in [1.54, 1.807) is 0 Å². The summed E-state index contributed by atoms with van der Waals surface area (Å²) < 4.78 is 0. The molecular weight excluding hydrogens is 296 g/mol. The Hall–Kier alpha value is -0.840. The molecule has 2 nitrogen and oxygen atoms in total. The maximum absolute atomic E-state index is 4.90. The predicted octanol–water partition coefficient (Wildman–Crippen LogP) is 4.95. The molecule has 1 atom stereocenters. The van der Waals surface area contributed by atoms with Gasteiger partial charge in [0.05, 0.1) is 5.69 Å². The lowest BCUT2D eigenvalue weighted by atomic mass is 10.1. The Morgan fingerprint density at radius 3 is 2.67 bits per heavy atom. The van der Waals surface area contributed by atoms with E-state index in [4.69, 9.17) is 4.98 Å². The number of benzene rings is 1. The van der Waals surface area contributed by atoms with Crippen LogP contribution in [0.5, 0.6) is 0 Å². The summed E-state index contributed by atoms with van der Waals surface area (Å²) in [6.45, 7) is 8.57. The molecule has 1 N–H and O–H groups in total. The number of thiazole rings is 1. The van der Waals surface area contributed by atoms with Crippen LogP contribution in [0.25, 0.3) is 11.3 Å². The van der Waals surface area contributed by atoms with E-state index in [1.165, 1.54) is 21.9 Å². The highest BCUT2D eigenvalue weighted by Gasteiger charge is 2.13. The molecule has 114 valence electrons. The van der Waals surface area contributed by atoms with Crippen molar-refractivity contribution in [1.29, 1.82) is 0 Å². The smallest absolute Gasteiger partial charge is 0.103 e. The second-order valence-electron chi connectivity index (χ2n) is 5.06. The van der Waals surface area contributed by atoms with Gasteiger partial charge in [0.25, 0.3) is 0 Å². The van der Waals surface area contributed by atoms with Gasteiger partial charge in [0.15, 0.2) is 0 Å². The summed E-state index contributed by atoms with van der Waals surface area (Å²) in [6.07, 6.45) is 1.21. The number of aromatic nitrogens is 1. The Labute approximate surface area is 136 Å². The molecule has 0 radical (unpaired) electrons. The Morgan fingerprint density at radius 2 is 2.00 bits per heavy atom. The summed E-state index contributed by atoms with van der Waals surface area (Å²) in [5.74, 6) is 1.02. The van der Waals surface area contributed by atoms with Gasteiger partial charge in [-0.25, -0.2) is 4.98 Å². The van der Waals surface area contributed by atoms with Gasteiger partial charge in [0.2, 0.25) is 0 Å². The van der Waals surface area contributed by atoms with Crippen LogP contribution in [0.2, 0.25) is 0 Å². The second kappa shape index (κ2) is 8.57. The van der Waals surface area contributed by atoms with E-state index in [-0.39, 0.29) is 0 Å². The molecule has 0 aliphatic heterocycles. The van der Waals surface area contributed by atoms with E-state index >= 15 is 0 Å². The molecular formula is C17H24N2S2. The molecule has 2 rings (SSSR count).